The largest absolute Gasteiger partial charge is 0.348 e. The molecule has 1 atom stereocenters. The Morgan fingerprint density at radius 1 is 1.28 bits per heavy atom. The summed E-state index contributed by atoms with van der Waals surface area (Å²) >= 11 is 0. The summed E-state index contributed by atoms with van der Waals surface area (Å²) in [6.07, 6.45) is 8.15. The van der Waals surface area contributed by atoms with Crippen molar-refractivity contribution < 1.29 is 9.59 Å². The minimum Gasteiger partial charge on any atom is -0.348 e. The first-order valence-electron chi connectivity index (χ1n) is 9.15. The van der Waals surface area contributed by atoms with E-state index in [1.165, 1.54) is 0 Å². The van der Waals surface area contributed by atoms with E-state index in [2.05, 4.69) is 15.3 Å². The van der Waals surface area contributed by atoms with Crippen LogP contribution in [0.25, 0.3) is 0 Å². The molecular formula is C18H27N5O2. The van der Waals surface area contributed by atoms with Gasteiger partial charge in [0.2, 0.25) is 17.8 Å². The van der Waals surface area contributed by atoms with Crippen molar-refractivity contribution in [1.29, 1.82) is 0 Å². The van der Waals surface area contributed by atoms with Gasteiger partial charge in [-0.25, -0.2) is 9.97 Å². The number of carbonyl (C=O) groups is 2. The monoisotopic (exact) mass is 345 g/mol. The summed E-state index contributed by atoms with van der Waals surface area (Å²) in [5, 5.41) is 3.09. The Morgan fingerprint density at radius 3 is 2.92 bits per heavy atom. The zero-order valence-electron chi connectivity index (χ0n) is 15.1. The van der Waals surface area contributed by atoms with Crippen molar-refractivity contribution in [3.8, 4) is 0 Å². The number of hydrogen-bond donors (Lipinski definition) is 1. The fraction of sp³-hybridized carbons (Fsp3) is 0.667. The van der Waals surface area contributed by atoms with Crippen molar-refractivity contribution in [2.75, 3.05) is 32.1 Å². The van der Waals surface area contributed by atoms with Crippen molar-refractivity contribution in [2.45, 2.75) is 51.0 Å². The first-order chi connectivity index (χ1) is 12.0. The number of aromatic nitrogens is 2. The molecule has 0 aromatic carbocycles. The molecule has 0 radical (unpaired) electrons. The highest BCUT2D eigenvalue weighted by molar-refractivity contribution is 5.85. The van der Waals surface area contributed by atoms with Crippen LogP contribution in [-0.4, -0.2) is 53.9 Å². The maximum atomic E-state index is 12.5. The van der Waals surface area contributed by atoms with E-state index in [0.717, 1.165) is 49.8 Å². The Kier molecular flexibility index (Phi) is 5.50. The zero-order chi connectivity index (χ0) is 17.8. The van der Waals surface area contributed by atoms with Crippen LogP contribution in [0, 0.1) is 0 Å². The number of carbonyl (C=O) groups excluding carboxylic acids is 2. The molecule has 25 heavy (non-hydrogen) atoms. The molecule has 1 aromatic rings. The molecular weight excluding hydrogens is 318 g/mol. The van der Waals surface area contributed by atoms with Crippen LogP contribution in [-0.2, 0) is 16.0 Å². The highest BCUT2D eigenvalue weighted by Gasteiger charge is 2.26. The van der Waals surface area contributed by atoms with Crippen LogP contribution in [0.15, 0.2) is 6.20 Å². The van der Waals surface area contributed by atoms with Gasteiger partial charge in [-0.3, -0.25) is 9.59 Å². The SMILES string of the molecule is CN(C)c1ncc2c(n1)CCC[C@@H]2NC(=O)CN1CCCCCC1=O. The molecule has 1 N–H and O–H groups in total. The first-order valence-corrected chi connectivity index (χ1v) is 9.15. The van der Waals surface area contributed by atoms with Crippen LogP contribution in [0.1, 0.15) is 55.8 Å². The molecule has 2 heterocycles. The normalized spacial score (nSPS) is 20.6. The fourth-order valence-corrected chi connectivity index (χ4v) is 3.52. The van der Waals surface area contributed by atoms with Crippen molar-refractivity contribution in [3.63, 3.8) is 0 Å². The molecule has 2 amide bonds. The number of aryl methyl sites for hydroxylation is 1. The van der Waals surface area contributed by atoms with Gasteiger partial charge in [-0.05, 0) is 32.1 Å². The molecule has 7 heteroatoms. The van der Waals surface area contributed by atoms with Crippen LogP contribution in [0.3, 0.4) is 0 Å². The van der Waals surface area contributed by atoms with E-state index < -0.39 is 0 Å². The lowest BCUT2D eigenvalue weighted by molar-refractivity contribution is -0.135. The number of rotatable bonds is 4. The van der Waals surface area contributed by atoms with Gasteiger partial charge in [-0.15, -0.1) is 0 Å². The number of hydrogen-bond acceptors (Lipinski definition) is 5. The summed E-state index contributed by atoms with van der Waals surface area (Å²) in [5.41, 5.74) is 2.02. The number of nitrogens with zero attached hydrogens (tertiary/aromatic N) is 4. The Balaban J connectivity index is 1.65. The van der Waals surface area contributed by atoms with Gasteiger partial charge in [0.1, 0.15) is 0 Å². The Labute approximate surface area is 148 Å². The predicted molar refractivity (Wildman–Crippen MR) is 95.2 cm³/mol. The molecule has 0 bridgehead atoms. The number of amides is 2. The summed E-state index contributed by atoms with van der Waals surface area (Å²) in [6, 6.07) is -0.0606. The van der Waals surface area contributed by atoms with E-state index in [4.69, 9.17) is 0 Å². The molecule has 1 aromatic heterocycles. The van der Waals surface area contributed by atoms with E-state index in [1.54, 1.807) is 4.90 Å². The maximum absolute atomic E-state index is 12.5. The third-order valence-electron chi connectivity index (χ3n) is 4.91. The second kappa shape index (κ2) is 7.80. The molecule has 1 aliphatic carbocycles. The Morgan fingerprint density at radius 2 is 2.12 bits per heavy atom. The van der Waals surface area contributed by atoms with Crippen LogP contribution < -0.4 is 10.2 Å². The minimum absolute atomic E-state index is 0.0606. The van der Waals surface area contributed by atoms with Gasteiger partial charge in [0.15, 0.2) is 0 Å². The lowest BCUT2D eigenvalue weighted by atomic mass is 9.92. The van der Waals surface area contributed by atoms with Crippen molar-refractivity contribution in [1.82, 2.24) is 20.2 Å². The summed E-state index contributed by atoms with van der Waals surface area (Å²) < 4.78 is 0. The first kappa shape index (κ1) is 17.6. The van der Waals surface area contributed by atoms with E-state index >= 15 is 0 Å². The summed E-state index contributed by atoms with van der Waals surface area (Å²) in [6.45, 7) is 0.837. The molecule has 3 rings (SSSR count). The topological polar surface area (TPSA) is 78.4 Å². The third kappa shape index (κ3) is 4.27. The lowest BCUT2D eigenvalue weighted by Crippen LogP contribution is -2.42. The summed E-state index contributed by atoms with van der Waals surface area (Å²) in [5.74, 6) is 0.696. The molecule has 0 unspecified atom stereocenters. The molecule has 0 saturated carbocycles. The van der Waals surface area contributed by atoms with Crippen molar-refractivity contribution in [3.05, 3.63) is 17.5 Å². The van der Waals surface area contributed by atoms with E-state index in [1.807, 2.05) is 25.2 Å². The Hall–Kier alpha value is -2.18. The third-order valence-corrected chi connectivity index (χ3v) is 4.91. The molecule has 2 aliphatic rings. The predicted octanol–water partition coefficient (Wildman–Crippen LogP) is 1.44. The molecule has 0 spiro atoms. The summed E-state index contributed by atoms with van der Waals surface area (Å²) in [7, 11) is 3.84. The average molecular weight is 345 g/mol. The fourth-order valence-electron chi connectivity index (χ4n) is 3.52. The molecule has 1 aliphatic heterocycles. The van der Waals surface area contributed by atoms with Gasteiger partial charge in [0.05, 0.1) is 18.3 Å². The second-order valence-electron chi connectivity index (χ2n) is 7.10. The van der Waals surface area contributed by atoms with Gasteiger partial charge in [0, 0.05) is 38.8 Å². The quantitative estimate of drug-likeness (QED) is 0.893. The van der Waals surface area contributed by atoms with E-state index in [0.29, 0.717) is 18.9 Å². The maximum Gasteiger partial charge on any atom is 0.240 e. The summed E-state index contributed by atoms with van der Waals surface area (Å²) in [4.78, 5) is 37.1. The lowest BCUT2D eigenvalue weighted by Gasteiger charge is -2.27. The van der Waals surface area contributed by atoms with Crippen LogP contribution in [0.4, 0.5) is 5.95 Å². The van der Waals surface area contributed by atoms with Gasteiger partial charge in [0.25, 0.3) is 0 Å². The van der Waals surface area contributed by atoms with Crippen LogP contribution in [0.5, 0.6) is 0 Å². The van der Waals surface area contributed by atoms with Gasteiger partial charge in [-0.2, -0.15) is 0 Å². The molecule has 1 fully saturated rings. The number of fused-ring (bicyclic) bond motifs is 1. The standard InChI is InChI=1S/C18H27N5O2/c1-22(2)18-19-11-13-14(7-6-8-15(13)21-18)20-16(24)12-23-10-5-3-4-9-17(23)25/h11,14H,3-10,12H2,1-2H3,(H,20,24)/t14-/m0/s1. The number of anilines is 1. The van der Waals surface area contributed by atoms with Crippen LogP contribution in [0.2, 0.25) is 0 Å². The average Bonchev–Trinajstić information content (AvgIpc) is 2.79. The molecule has 136 valence electrons. The van der Waals surface area contributed by atoms with Crippen molar-refractivity contribution >= 4 is 17.8 Å². The molecule has 1 saturated heterocycles. The van der Waals surface area contributed by atoms with Crippen molar-refractivity contribution in [2.24, 2.45) is 0 Å². The zero-order valence-corrected chi connectivity index (χ0v) is 15.1. The van der Waals surface area contributed by atoms with E-state index in [9.17, 15) is 9.59 Å². The minimum atomic E-state index is -0.0928. The highest BCUT2D eigenvalue weighted by atomic mass is 16.2. The second-order valence-corrected chi connectivity index (χ2v) is 7.10. The van der Waals surface area contributed by atoms with Gasteiger partial charge < -0.3 is 15.1 Å². The number of nitrogens with one attached hydrogen (secondary N) is 1. The smallest absolute Gasteiger partial charge is 0.240 e. The number of likely N-dealkylation sites (tertiary alicyclic amines) is 1. The van der Waals surface area contributed by atoms with Crippen LogP contribution >= 0.6 is 0 Å². The van der Waals surface area contributed by atoms with Gasteiger partial charge >= 0.3 is 0 Å². The van der Waals surface area contributed by atoms with E-state index in [-0.39, 0.29) is 24.4 Å². The Bertz CT molecular complexity index is 646. The van der Waals surface area contributed by atoms with Gasteiger partial charge in [-0.1, -0.05) is 6.42 Å². The highest BCUT2D eigenvalue weighted by Crippen LogP contribution is 2.29. The molecule has 7 nitrogen and oxygen atoms in total.